The predicted molar refractivity (Wildman–Crippen MR) is 134 cm³/mol. The second-order valence-corrected chi connectivity index (χ2v) is 7.98. The quantitative estimate of drug-likeness (QED) is 0.357. The van der Waals surface area contributed by atoms with Gasteiger partial charge < -0.3 is 30.6 Å². The third kappa shape index (κ3) is 8.17. The molecule has 0 aliphatic rings. The minimum atomic E-state index is -0.231. The van der Waals surface area contributed by atoms with Gasteiger partial charge in [-0.3, -0.25) is 0 Å². The number of hydrogen-bond acceptors (Lipinski definition) is 5. The molecule has 0 fully saturated rings. The van der Waals surface area contributed by atoms with Gasteiger partial charge in [-0.2, -0.15) is 0 Å². The molecule has 0 heterocycles. The predicted octanol–water partition coefficient (Wildman–Crippen LogP) is 4.31. The first-order valence-corrected chi connectivity index (χ1v) is 11.4. The van der Waals surface area contributed by atoms with E-state index in [1.807, 2.05) is 66.7 Å². The second-order valence-electron chi connectivity index (χ2n) is 7.54. The lowest BCUT2D eigenvalue weighted by atomic mass is 10.1. The van der Waals surface area contributed by atoms with E-state index < -0.39 is 0 Å². The average Bonchev–Trinajstić information content (AvgIpc) is 2.87. The third-order valence-electron chi connectivity index (χ3n) is 5.00. The summed E-state index contributed by atoms with van der Waals surface area (Å²) in [4.78, 5) is 12.1. The number of ether oxygens (including phenoxy) is 3. The number of carbonyl (C=O) groups excluding carboxylic acids is 1. The van der Waals surface area contributed by atoms with Gasteiger partial charge in [-0.15, -0.1) is 0 Å². The van der Waals surface area contributed by atoms with Crippen molar-refractivity contribution in [2.24, 2.45) is 5.73 Å². The topological polar surface area (TPSA) is 94.8 Å². The number of halogens is 1. The molecule has 8 heteroatoms. The molecule has 0 bridgehead atoms. The van der Waals surface area contributed by atoms with Gasteiger partial charge in [0.25, 0.3) is 0 Å². The van der Waals surface area contributed by atoms with Crippen molar-refractivity contribution in [2.75, 3.05) is 26.8 Å². The number of nitrogens with two attached hydrogens (primary N) is 1. The summed E-state index contributed by atoms with van der Waals surface area (Å²) in [6, 6.07) is 20.7. The Labute approximate surface area is 205 Å². The maximum Gasteiger partial charge on any atom is 0.315 e. The van der Waals surface area contributed by atoms with E-state index in [0.29, 0.717) is 55.8 Å². The molecule has 3 aromatic rings. The van der Waals surface area contributed by atoms with Crippen molar-refractivity contribution in [3.8, 4) is 17.2 Å². The highest BCUT2D eigenvalue weighted by Crippen LogP contribution is 2.28. The Kier molecular flexibility index (Phi) is 9.88. The monoisotopic (exact) mass is 483 g/mol. The molecule has 0 aromatic heterocycles. The zero-order valence-corrected chi connectivity index (χ0v) is 19.9. The van der Waals surface area contributed by atoms with Gasteiger partial charge in [0.15, 0.2) is 11.5 Å². The van der Waals surface area contributed by atoms with E-state index >= 15 is 0 Å². The van der Waals surface area contributed by atoms with Crippen LogP contribution in [0.4, 0.5) is 4.79 Å². The van der Waals surface area contributed by atoms with E-state index in [9.17, 15) is 4.79 Å². The minimum absolute atomic E-state index is 0.231. The van der Waals surface area contributed by atoms with E-state index in [1.165, 1.54) is 0 Å². The van der Waals surface area contributed by atoms with Crippen LogP contribution in [0.5, 0.6) is 17.2 Å². The molecular weight excluding hydrogens is 454 g/mol. The van der Waals surface area contributed by atoms with Crippen molar-refractivity contribution >= 4 is 17.6 Å². The smallest absolute Gasteiger partial charge is 0.315 e. The van der Waals surface area contributed by atoms with Crippen LogP contribution in [0.2, 0.25) is 5.02 Å². The molecule has 0 saturated carbocycles. The first kappa shape index (κ1) is 25.2. The average molecular weight is 484 g/mol. The molecule has 180 valence electrons. The number of methoxy groups -OCH3 is 1. The van der Waals surface area contributed by atoms with E-state index in [0.717, 1.165) is 22.4 Å². The van der Waals surface area contributed by atoms with Crippen LogP contribution in [0.3, 0.4) is 0 Å². The Morgan fingerprint density at radius 3 is 2.29 bits per heavy atom. The Hall–Kier alpha value is -3.42. The molecule has 34 heavy (non-hydrogen) atoms. The van der Waals surface area contributed by atoms with Crippen LogP contribution < -0.4 is 30.6 Å². The van der Waals surface area contributed by atoms with Crippen molar-refractivity contribution < 1.29 is 19.0 Å². The molecule has 0 aliphatic carbocycles. The Morgan fingerprint density at radius 2 is 1.59 bits per heavy atom. The van der Waals surface area contributed by atoms with Crippen LogP contribution in [-0.2, 0) is 19.6 Å². The first-order chi connectivity index (χ1) is 16.6. The van der Waals surface area contributed by atoms with Gasteiger partial charge >= 0.3 is 6.03 Å². The summed E-state index contributed by atoms with van der Waals surface area (Å²) >= 11 is 5.90. The minimum Gasteiger partial charge on any atom is -0.493 e. The summed E-state index contributed by atoms with van der Waals surface area (Å²) in [5.74, 6) is 2.02. The molecule has 3 aromatic carbocycles. The van der Waals surface area contributed by atoms with Crippen LogP contribution in [0.1, 0.15) is 16.7 Å². The standard InChI is InChI=1S/C26H30ClN3O4/c1-32-25-16-21(6-11-24(25)33-15-13-28)17-30-26(31)29-14-12-19-4-9-23(10-5-19)34-18-20-2-7-22(27)8-3-20/h2-11,16H,12-15,17-18,28H2,1H3,(H2,29,30,31). The van der Waals surface area contributed by atoms with Crippen molar-refractivity contribution in [1.29, 1.82) is 0 Å². The zero-order chi connectivity index (χ0) is 24.2. The maximum atomic E-state index is 12.1. The first-order valence-electron chi connectivity index (χ1n) is 11.0. The SMILES string of the molecule is COc1cc(CNC(=O)NCCc2ccc(OCc3ccc(Cl)cc3)cc2)ccc1OCCN. The molecule has 0 atom stereocenters. The number of rotatable bonds is 12. The molecule has 3 rings (SSSR count). The summed E-state index contributed by atoms with van der Waals surface area (Å²) in [5, 5.41) is 6.43. The highest BCUT2D eigenvalue weighted by Gasteiger charge is 2.07. The van der Waals surface area contributed by atoms with E-state index in [-0.39, 0.29) is 6.03 Å². The lowest BCUT2D eigenvalue weighted by molar-refractivity contribution is 0.240. The van der Waals surface area contributed by atoms with Gasteiger partial charge in [0, 0.05) is 24.7 Å². The van der Waals surface area contributed by atoms with Crippen LogP contribution in [0.15, 0.2) is 66.7 Å². The number of nitrogens with one attached hydrogen (secondary N) is 2. The Balaban J connectivity index is 1.37. The van der Waals surface area contributed by atoms with E-state index in [2.05, 4.69) is 10.6 Å². The summed E-state index contributed by atoms with van der Waals surface area (Å²) in [6.45, 7) is 2.21. The van der Waals surface area contributed by atoms with E-state index in [4.69, 9.17) is 31.5 Å². The highest BCUT2D eigenvalue weighted by atomic mass is 35.5. The molecule has 0 aliphatic heterocycles. The van der Waals surface area contributed by atoms with Gasteiger partial charge in [-0.25, -0.2) is 4.79 Å². The Bertz CT molecular complexity index is 1040. The molecule has 4 N–H and O–H groups in total. The van der Waals surface area contributed by atoms with Gasteiger partial charge in [0.1, 0.15) is 19.0 Å². The number of amides is 2. The summed E-state index contributed by atoms with van der Waals surface area (Å²) in [6.07, 6.45) is 0.714. The molecule has 0 spiro atoms. The fraction of sp³-hybridized carbons (Fsp3) is 0.269. The largest absolute Gasteiger partial charge is 0.493 e. The maximum absolute atomic E-state index is 12.1. The molecule has 2 amide bonds. The number of carbonyl (C=O) groups is 1. The Morgan fingerprint density at radius 1 is 0.882 bits per heavy atom. The number of hydrogen-bond donors (Lipinski definition) is 3. The highest BCUT2D eigenvalue weighted by molar-refractivity contribution is 6.30. The van der Waals surface area contributed by atoms with Gasteiger partial charge in [0.2, 0.25) is 0 Å². The van der Waals surface area contributed by atoms with Crippen molar-refractivity contribution in [3.63, 3.8) is 0 Å². The lowest BCUT2D eigenvalue weighted by Gasteiger charge is -2.12. The zero-order valence-electron chi connectivity index (χ0n) is 19.2. The molecule has 0 unspecified atom stereocenters. The molecular formula is C26H30ClN3O4. The number of benzene rings is 3. The van der Waals surface area contributed by atoms with Gasteiger partial charge in [-0.1, -0.05) is 41.9 Å². The fourth-order valence-corrected chi connectivity index (χ4v) is 3.30. The van der Waals surface area contributed by atoms with Gasteiger partial charge in [0.05, 0.1) is 7.11 Å². The molecule has 0 saturated heterocycles. The number of urea groups is 1. The second kappa shape index (κ2) is 13.3. The molecule has 0 radical (unpaired) electrons. The van der Waals surface area contributed by atoms with Crippen molar-refractivity contribution in [3.05, 3.63) is 88.4 Å². The van der Waals surface area contributed by atoms with Crippen LogP contribution in [0, 0.1) is 0 Å². The fourth-order valence-electron chi connectivity index (χ4n) is 3.17. The van der Waals surface area contributed by atoms with Crippen molar-refractivity contribution in [1.82, 2.24) is 10.6 Å². The van der Waals surface area contributed by atoms with Gasteiger partial charge in [-0.05, 0) is 59.5 Å². The summed E-state index contributed by atoms with van der Waals surface area (Å²) < 4.78 is 16.7. The van der Waals surface area contributed by atoms with Crippen LogP contribution in [-0.4, -0.2) is 32.8 Å². The third-order valence-corrected chi connectivity index (χ3v) is 5.25. The summed E-state index contributed by atoms with van der Waals surface area (Å²) in [5.41, 5.74) is 8.54. The van der Waals surface area contributed by atoms with Crippen LogP contribution in [0.25, 0.3) is 0 Å². The van der Waals surface area contributed by atoms with E-state index in [1.54, 1.807) is 7.11 Å². The summed E-state index contributed by atoms with van der Waals surface area (Å²) in [7, 11) is 1.58. The van der Waals surface area contributed by atoms with Crippen molar-refractivity contribution in [2.45, 2.75) is 19.6 Å². The van der Waals surface area contributed by atoms with Crippen LogP contribution >= 0.6 is 11.6 Å². The lowest BCUT2D eigenvalue weighted by Crippen LogP contribution is -2.36. The molecule has 7 nitrogen and oxygen atoms in total. The normalized spacial score (nSPS) is 10.4.